The quantitative estimate of drug-likeness (QED) is 0.755. The number of benzene rings is 1. The lowest BCUT2D eigenvalue weighted by Crippen LogP contribution is -2.56. The van der Waals surface area contributed by atoms with Crippen molar-refractivity contribution in [3.8, 4) is 6.07 Å². The standard InChI is InChI=1S/C19H23BrN4O3/c1-12(22)10-18(26-2)5-7-19(8-6-18)16(23-24-17(25)27-19)14-9-13(11-21)3-4-15(14)20/h3-4,9,12H,5-8,10,22H2,1-2H3,(H,24,25)/t12-,18?,19?/m0/s1. The minimum atomic E-state index is -0.848. The van der Waals surface area contributed by atoms with Gasteiger partial charge in [0.05, 0.1) is 17.2 Å². The third-order valence-electron chi connectivity index (χ3n) is 5.43. The molecule has 1 aromatic carbocycles. The summed E-state index contributed by atoms with van der Waals surface area (Å²) in [6.07, 6.45) is 2.72. The average Bonchev–Trinajstić information content (AvgIpc) is 2.64. The van der Waals surface area contributed by atoms with Crippen molar-refractivity contribution >= 4 is 27.7 Å². The van der Waals surface area contributed by atoms with Crippen LogP contribution in [0.15, 0.2) is 27.8 Å². The number of hydrogen-bond acceptors (Lipinski definition) is 6. The first-order chi connectivity index (χ1) is 12.8. The van der Waals surface area contributed by atoms with Crippen LogP contribution in [-0.4, -0.2) is 36.2 Å². The molecule has 0 bridgehead atoms. The van der Waals surface area contributed by atoms with E-state index in [2.05, 4.69) is 32.5 Å². The zero-order chi connectivity index (χ0) is 19.7. The normalized spacial score (nSPS) is 28.7. The Morgan fingerprint density at radius 3 is 2.74 bits per heavy atom. The molecule has 0 radical (unpaired) electrons. The molecular weight excluding hydrogens is 412 g/mol. The molecule has 1 heterocycles. The van der Waals surface area contributed by atoms with Crippen LogP contribution in [0.2, 0.25) is 0 Å². The molecule has 1 aliphatic carbocycles. The molecule has 3 N–H and O–H groups in total. The smallest absolute Gasteiger partial charge is 0.428 e. The molecule has 1 aromatic rings. The van der Waals surface area contributed by atoms with Crippen molar-refractivity contribution in [2.45, 2.75) is 56.3 Å². The van der Waals surface area contributed by atoms with Crippen LogP contribution in [0, 0.1) is 11.3 Å². The van der Waals surface area contributed by atoms with E-state index in [4.69, 9.17) is 15.2 Å². The number of nitrogens with one attached hydrogen (secondary N) is 1. The minimum Gasteiger partial charge on any atom is -0.435 e. The van der Waals surface area contributed by atoms with Crippen LogP contribution < -0.4 is 11.2 Å². The maximum absolute atomic E-state index is 12.0. The number of hydrogen-bond donors (Lipinski definition) is 2. The molecule has 8 heteroatoms. The summed E-state index contributed by atoms with van der Waals surface area (Å²) in [7, 11) is 1.71. The highest BCUT2D eigenvalue weighted by Crippen LogP contribution is 2.44. The highest BCUT2D eigenvalue weighted by atomic mass is 79.9. The molecule has 0 saturated heterocycles. The SMILES string of the molecule is COC1(C[C@H](C)N)CCC2(CC1)OC(=O)NN=C2c1cc(C#N)ccc1Br. The van der Waals surface area contributed by atoms with Crippen LogP contribution >= 0.6 is 15.9 Å². The van der Waals surface area contributed by atoms with Crippen LogP contribution in [0.5, 0.6) is 0 Å². The first-order valence-electron chi connectivity index (χ1n) is 8.91. The molecule has 1 aliphatic heterocycles. The molecule has 1 amide bonds. The molecular formula is C19H23BrN4O3. The van der Waals surface area contributed by atoms with Gasteiger partial charge in [0.25, 0.3) is 0 Å². The number of methoxy groups -OCH3 is 1. The Balaban J connectivity index is 1.96. The predicted molar refractivity (Wildman–Crippen MR) is 104 cm³/mol. The molecule has 7 nitrogen and oxygen atoms in total. The third kappa shape index (κ3) is 3.86. The van der Waals surface area contributed by atoms with E-state index in [9.17, 15) is 10.1 Å². The van der Waals surface area contributed by atoms with Crippen LogP contribution in [0.1, 0.15) is 50.2 Å². The van der Waals surface area contributed by atoms with Gasteiger partial charge in [-0.25, -0.2) is 10.2 Å². The Bertz CT molecular complexity index is 808. The lowest BCUT2D eigenvalue weighted by atomic mass is 9.70. The number of halogens is 1. The lowest BCUT2D eigenvalue weighted by Gasteiger charge is -2.47. The van der Waals surface area contributed by atoms with E-state index in [-0.39, 0.29) is 11.6 Å². The molecule has 2 aliphatic rings. The highest BCUT2D eigenvalue weighted by Gasteiger charge is 2.51. The van der Waals surface area contributed by atoms with Gasteiger partial charge in [-0.2, -0.15) is 10.4 Å². The molecule has 3 rings (SSSR count). The number of carbonyl (C=O) groups excluding carboxylic acids is 1. The monoisotopic (exact) mass is 434 g/mol. The van der Waals surface area contributed by atoms with Gasteiger partial charge in [0.1, 0.15) is 5.71 Å². The van der Waals surface area contributed by atoms with Crippen molar-refractivity contribution in [3.05, 3.63) is 33.8 Å². The highest BCUT2D eigenvalue weighted by molar-refractivity contribution is 9.10. The molecule has 27 heavy (non-hydrogen) atoms. The Kier molecular flexibility index (Phi) is 5.56. The summed E-state index contributed by atoms with van der Waals surface area (Å²) in [6.45, 7) is 1.97. The van der Waals surface area contributed by atoms with Crippen molar-refractivity contribution in [2.24, 2.45) is 10.8 Å². The van der Waals surface area contributed by atoms with Gasteiger partial charge in [0, 0.05) is 23.2 Å². The number of nitrogens with zero attached hydrogens (tertiary/aromatic N) is 2. The van der Waals surface area contributed by atoms with Gasteiger partial charge in [-0.15, -0.1) is 0 Å². The molecule has 1 fully saturated rings. The minimum absolute atomic E-state index is 0.0177. The van der Waals surface area contributed by atoms with Gasteiger partial charge >= 0.3 is 6.09 Å². The summed E-state index contributed by atoms with van der Waals surface area (Å²) in [4.78, 5) is 12.0. The number of rotatable bonds is 4. The number of nitriles is 1. The van der Waals surface area contributed by atoms with E-state index in [1.165, 1.54) is 0 Å². The zero-order valence-corrected chi connectivity index (χ0v) is 17.0. The van der Waals surface area contributed by atoms with E-state index < -0.39 is 11.7 Å². The van der Waals surface area contributed by atoms with E-state index in [0.29, 0.717) is 37.0 Å². The first-order valence-corrected chi connectivity index (χ1v) is 9.70. The number of carbonyl (C=O) groups is 1. The van der Waals surface area contributed by atoms with E-state index in [0.717, 1.165) is 16.5 Å². The summed E-state index contributed by atoms with van der Waals surface area (Å²) in [5.74, 6) is 0. The fraction of sp³-hybridized carbons (Fsp3) is 0.526. The molecule has 1 spiro atoms. The van der Waals surface area contributed by atoms with Crippen LogP contribution in [0.3, 0.4) is 0 Å². The second kappa shape index (κ2) is 7.58. The summed E-state index contributed by atoms with van der Waals surface area (Å²) in [6, 6.07) is 7.44. The number of ether oxygens (including phenoxy) is 2. The maximum Gasteiger partial charge on any atom is 0.428 e. The van der Waals surface area contributed by atoms with Crippen molar-refractivity contribution in [1.82, 2.24) is 5.43 Å². The Labute approximate surface area is 167 Å². The number of nitrogens with two attached hydrogens (primary N) is 1. The largest absolute Gasteiger partial charge is 0.435 e. The molecule has 144 valence electrons. The van der Waals surface area contributed by atoms with Gasteiger partial charge in [-0.05, 0) is 57.2 Å². The predicted octanol–water partition coefficient (Wildman–Crippen LogP) is 3.20. The topological polar surface area (TPSA) is 110 Å². The first kappa shape index (κ1) is 19.8. The number of hydrazone groups is 1. The van der Waals surface area contributed by atoms with Crippen molar-refractivity contribution < 1.29 is 14.3 Å². The van der Waals surface area contributed by atoms with Gasteiger partial charge < -0.3 is 15.2 Å². The van der Waals surface area contributed by atoms with Crippen molar-refractivity contribution in [2.75, 3.05) is 7.11 Å². The summed E-state index contributed by atoms with van der Waals surface area (Å²) < 4.78 is 12.4. The van der Waals surface area contributed by atoms with Crippen molar-refractivity contribution in [3.63, 3.8) is 0 Å². The average molecular weight is 435 g/mol. The van der Waals surface area contributed by atoms with Gasteiger partial charge in [0.15, 0.2) is 5.60 Å². The summed E-state index contributed by atoms with van der Waals surface area (Å²) in [5, 5.41) is 13.6. The van der Waals surface area contributed by atoms with E-state index in [1.54, 1.807) is 25.3 Å². The Hall–Kier alpha value is -1.95. The van der Waals surface area contributed by atoms with E-state index in [1.807, 2.05) is 6.92 Å². The number of amides is 1. The van der Waals surface area contributed by atoms with Gasteiger partial charge in [-0.3, -0.25) is 0 Å². The second-order valence-electron chi connectivity index (χ2n) is 7.33. The second-order valence-corrected chi connectivity index (χ2v) is 8.19. The van der Waals surface area contributed by atoms with Crippen LogP contribution in [0.25, 0.3) is 0 Å². The Morgan fingerprint density at radius 2 is 2.15 bits per heavy atom. The molecule has 1 saturated carbocycles. The van der Waals surface area contributed by atoms with E-state index >= 15 is 0 Å². The molecule has 1 atom stereocenters. The van der Waals surface area contributed by atoms with Crippen LogP contribution in [-0.2, 0) is 9.47 Å². The summed E-state index contributed by atoms with van der Waals surface area (Å²) >= 11 is 3.53. The molecule has 0 unspecified atom stereocenters. The Morgan fingerprint density at radius 1 is 1.44 bits per heavy atom. The van der Waals surface area contributed by atoms with Gasteiger partial charge in [-0.1, -0.05) is 15.9 Å². The lowest BCUT2D eigenvalue weighted by molar-refractivity contribution is -0.0887. The van der Waals surface area contributed by atoms with Gasteiger partial charge in [0.2, 0.25) is 0 Å². The third-order valence-corrected chi connectivity index (χ3v) is 6.12. The maximum atomic E-state index is 12.0. The fourth-order valence-electron chi connectivity index (χ4n) is 4.06. The summed E-state index contributed by atoms with van der Waals surface area (Å²) in [5.41, 5.74) is 9.12. The molecule has 0 aromatic heterocycles. The fourth-order valence-corrected chi connectivity index (χ4v) is 4.50. The van der Waals surface area contributed by atoms with Crippen LogP contribution in [0.4, 0.5) is 4.79 Å². The van der Waals surface area contributed by atoms with Crippen molar-refractivity contribution in [1.29, 1.82) is 5.26 Å². The zero-order valence-electron chi connectivity index (χ0n) is 15.4.